The van der Waals surface area contributed by atoms with Crippen molar-refractivity contribution >= 4 is 17.5 Å². The maximum absolute atomic E-state index is 14.6. The molecule has 1 aromatic heterocycles. The molecule has 4 bridgehead atoms. The van der Waals surface area contributed by atoms with Gasteiger partial charge in [-0.2, -0.15) is 10.2 Å². The molecule has 162 valence electrons. The Kier molecular flexibility index (Phi) is 5.31. The Bertz CT molecular complexity index is 1220. The van der Waals surface area contributed by atoms with E-state index in [0.717, 1.165) is 36.0 Å². The van der Waals surface area contributed by atoms with Crippen molar-refractivity contribution in [3.63, 3.8) is 0 Å². The summed E-state index contributed by atoms with van der Waals surface area (Å²) < 4.78 is 33.8. The van der Waals surface area contributed by atoms with Crippen molar-refractivity contribution in [2.45, 2.75) is 31.6 Å². The van der Waals surface area contributed by atoms with Gasteiger partial charge in [-0.1, -0.05) is 6.07 Å². The Morgan fingerprint density at radius 1 is 1.09 bits per heavy atom. The molecule has 0 saturated heterocycles. The maximum Gasteiger partial charge on any atom is 0.229 e. The Labute approximate surface area is 184 Å². The molecule has 1 unspecified atom stereocenters. The van der Waals surface area contributed by atoms with E-state index in [9.17, 15) is 14.0 Å². The van der Waals surface area contributed by atoms with E-state index in [1.165, 1.54) is 12.1 Å². The van der Waals surface area contributed by atoms with Gasteiger partial charge in [-0.15, -0.1) is 0 Å². The van der Waals surface area contributed by atoms with Crippen LogP contribution in [0.15, 0.2) is 36.4 Å². The van der Waals surface area contributed by atoms with Crippen molar-refractivity contribution in [2.24, 2.45) is 0 Å². The first-order chi connectivity index (χ1) is 15.6. The second-order valence-electron chi connectivity index (χ2n) is 7.95. The molecular weight excluding hydrogens is 412 g/mol. The summed E-state index contributed by atoms with van der Waals surface area (Å²) in [5, 5.41) is 15.9. The number of hydrogen-bond donors (Lipinski definition) is 2. The first-order valence-electron chi connectivity index (χ1n) is 10.7. The number of hydrogen-bond acceptors (Lipinski definition) is 6. The average molecular weight is 433 g/mol. The monoisotopic (exact) mass is 433 g/mol. The van der Waals surface area contributed by atoms with Gasteiger partial charge in [0.2, 0.25) is 5.95 Å². The summed E-state index contributed by atoms with van der Waals surface area (Å²) in [6, 6.07) is 11.1. The van der Waals surface area contributed by atoms with Gasteiger partial charge in [-0.05, 0) is 49.4 Å². The van der Waals surface area contributed by atoms with E-state index in [4.69, 9.17) is 9.72 Å². The average Bonchev–Trinajstić information content (AvgIpc) is 3.20. The highest BCUT2D eigenvalue weighted by Crippen LogP contribution is 2.41. The summed E-state index contributed by atoms with van der Waals surface area (Å²) in [6.07, 6.45) is 3.07. The number of halogens is 2. The lowest BCUT2D eigenvalue weighted by atomic mass is 9.96. The number of benzene rings is 2. The van der Waals surface area contributed by atoms with Crippen LogP contribution in [0, 0.1) is 23.0 Å². The molecule has 6 nitrogen and oxygen atoms in total. The van der Waals surface area contributed by atoms with E-state index in [-0.39, 0.29) is 5.92 Å². The van der Waals surface area contributed by atoms with Gasteiger partial charge in [0.05, 0.1) is 17.9 Å². The zero-order chi connectivity index (χ0) is 22.1. The lowest BCUT2D eigenvalue weighted by Crippen LogP contribution is -2.11. The molecule has 0 fully saturated rings. The van der Waals surface area contributed by atoms with Gasteiger partial charge >= 0.3 is 0 Å². The highest BCUT2D eigenvalue weighted by molar-refractivity contribution is 5.63. The number of ether oxygens (including phenoxy) is 1. The lowest BCUT2D eigenvalue weighted by molar-refractivity contribution is 0.308. The summed E-state index contributed by atoms with van der Waals surface area (Å²) in [6.45, 7) is 1.21. The second-order valence-corrected chi connectivity index (χ2v) is 7.95. The molecule has 0 radical (unpaired) electrons. The van der Waals surface area contributed by atoms with Gasteiger partial charge in [0.15, 0.2) is 0 Å². The van der Waals surface area contributed by atoms with E-state index in [2.05, 4.69) is 21.7 Å². The van der Waals surface area contributed by atoms with Gasteiger partial charge in [0.1, 0.15) is 29.3 Å². The van der Waals surface area contributed by atoms with E-state index in [0.29, 0.717) is 54.5 Å². The number of aromatic nitrogens is 2. The van der Waals surface area contributed by atoms with E-state index in [1.54, 1.807) is 18.2 Å². The summed E-state index contributed by atoms with van der Waals surface area (Å²) in [7, 11) is 0. The Morgan fingerprint density at radius 3 is 2.84 bits per heavy atom. The quantitative estimate of drug-likeness (QED) is 0.560. The van der Waals surface area contributed by atoms with E-state index >= 15 is 0 Å². The topological polar surface area (TPSA) is 82.9 Å². The summed E-state index contributed by atoms with van der Waals surface area (Å²) in [4.78, 5) is 9.40. The van der Waals surface area contributed by atoms with E-state index < -0.39 is 11.6 Å². The van der Waals surface area contributed by atoms with Crippen LogP contribution in [0.5, 0.6) is 5.75 Å². The lowest BCUT2D eigenvalue weighted by Gasteiger charge is -2.16. The number of nitrogens with one attached hydrogen (secondary N) is 2. The molecule has 1 aliphatic heterocycles. The number of rotatable bonds is 1. The molecule has 0 amide bonds. The highest BCUT2D eigenvalue weighted by atomic mass is 19.1. The number of anilines is 3. The fourth-order valence-electron chi connectivity index (χ4n) is 4.31. The minimum atomic E-state index is -0.596. The van der Waals surface area contributed by atoms with Crippen molar-refractivity contribution in [1.29, 1.82) is 5.26 Å². The number of fused-ring (bicyclic) bond motifs is 6. The molecule has 32 heavy (non-hydrogen) atoms. The first kappa shape index (κ1) is 20.2. The van der Waals surface area contributed by atoms with Crippen molar-refractivity contribution in [3.05, 3.63) is 70.4 Å². The van der Waals surface area contributed by atoms with Crippen molar-refractivity contribution in [1.82, 2.24) is 9.97 Å². The van der Waals surface area contributed by atoms with Crippen molar-refractivity contribution in [2.75, 3.05) is 23.8 Å². The zero-order valence-electron chi connectivity index (χ0n) is 17.3. The number of nitriles is 1. The predicted molar refractivity (Wildman–Crippen MR) is 116 cm³/mol. The molecule has 0 saturated carbocycles. The third-order valence-corrected chi connectivity index (χ3v) is 5.87. The minimum absolute atomic E-state index is 0.273. The Morgan fingerprint density at radius 2 is 2.00 bits per heavy atom. The molecule has 2 aliphatic rings. The van der Waals surface area contributed by atoms with Crippen molar-refractivity contribution in [3.8, 4) is 11.8 Å². The van der Waals surface area contributed by atoms with E-state index in [1.807, 2.05) is 0 Å². The zero-order valence-corrected chi connectivity index (χ0v) is 17.3. The summed E-state index contributed by atoms with van der Waals surface area (Å²) in [5.41, 5.74) is 3.30. The molecule has 1 atom stereocenters. The Hall–Kier alpha value is -3.73. The molecule has 5 rings (SSSR count). The van der Waals surface area contributed by atoms with Gasteiger partial charge in [0, 0.05) is 35.8 Å². The van der Waals surface area contributed by atoms with Crippen LogP contribution in [0.25, 0.3) is 0 Å². The smallest absolute Gasteiger partial charge is 0.229 e. The van der Waals surface area contributed by atoms with Crippen LogP contribution < -0.4 is 15.4 Å². The minimum Gasteiger partial charge on any atom is -0.492 e. The first-order valence-corrected chi connectivity index (χ1v) is 10.7. The number of nitrogens with zero attached hydrogens (tertiary/aromatic N) is 3. The van der Waals surface area contributed by atoms with Crippen molar-refractivity contribution < 1.29 is 13.5 Å². The molecule has 8 heteroatoms. The van der Waals surface area contributed by atoms with Crippen LogP contribution in [0.1, 0.15) is 47.6 Å². The summed E-state index contributed by atoms with van der Waals surface area (Å²) >= 11 is 0. The Balaban J connectivity index is 1.57. The van der Waals surface area contributed by atoms with Crippen LogP contribution in [0.3, 0.4) is 0 Å². The SMILES string of the molecule is N#Cc1ccc2cc1OCCCCNc1nc(nc3c1CCC3c1ccc(F)cc1F)N2. The van der Waals surface area contributed by atoms with Crippen LogP contribution in [-0.2, 0) is 6.42 Å². The second kappa shape index (κ2) is 8.42. The molecule has 2 heterocycles. The molecule has 2 aromatic carbocycles. The van der Waals surface area contributed by atoms with Gasteiger partial charge in [0.25, 0.3) is 0 Å². The maximum atomic E-state index is 14.6. The fourth-order valence-corrected chi connectivity index (χ4v) is 4.31. The molecule has 1 aliphatic carbocycles. The van der Waals surface area contributed by atoms with Crippen LogP contribution >= 0.6 is 0 Å². The van der Waals surface area contributed by atoms with Gasteiger partial charge in [-0.25, -0.2) is 13.8 Å². The highest BCUT2D eigenvalue weighted by Gasteiger charge is 2.31. The molecule has 2 N–H and O–H groups in total. The predicted octanol–water partition coefficient (Wildman–Crippen LogP) is 5.03. The van der Waals surface area contributed by atoms with Gasteiger partial charge < -0.3 is 15.4 Å². The third-order valence-electron chi connectivity index (χ3n) is 5.87. The largest absolute Gasteiger partial charge is 0.492 e. The molecule has 0 spiro atoms. The third kappa shape index (κ3) is 3.82. The fraction of sp³-hybridized carbons (Fsp3) is 0.292. The van der Waals surface area contributed by atoms with Crippen LogP contribution in [-0.4, -0.2) is 23.1 Å². The van der Waals surface area contributed by atoms with Crippen LogP contribution in [0.4, 0.5) is 26.2 Å². The normalized spacial score (nSPS) is 17.3. The molecular formula is C24H21F2N5O. The standard InChI is InChI=1S/C24H21F2N5O/c25-15-4-6-17(20(26)11-15)18-7-8-19-22(18)30-24-29-16-5-3-14(13-27)21(12-16)32-10-2-1-9-28-23(19)31-24/h3-6,11-12,18H,1-2,7-10H2,(H2,28,29,30,31). The van der Waals surface area contributed by atoms with Crippen LogP contribution in [0.2, 0.25) is 0 Å². The van der Waals surface area contributed by atoms with Gasteiger partial charge in [-0.3, -0.25) is 0 Å². The summed E-state index contributed by atoms with van der Waals surface area (Å²) in [5.74, 6) is 0.182. The molecule has 3 aromatic rings.